The van der Waals surface area contributed by atoms with Gasteiger partial charge in [-0.25, -0.2) is 0 Å². The molecule has 3 nitrogen and oxygen atoms in total. The highest BCUT2D eigenvalue weighted by Gasteiger charge is 2.12. The van der Waals surface area contributed by atoms with Gasteiger partial charge in [0.05, 0.1) is 0 Å². The smallest absolute Gasteiger partial charge is 0.223 e. The van der Waals surface area contributed by atoms with Gasteiger partial charge in [-0.2, -0.15) is 0 Å². The van der Waals surface area contributed by atoms with Gasteiger partial charge in [-0.15, -0.1) is 0 Å². The first-order chi connectivity index (χ1) is 6.47. The van der Waals surface area contributed by atoms with E-state index in [2.05, 4.69) is 13.8 Å². The topological polar surface area (TPSA) is 46.3 Å². The van der Waals surface area contributed by atoms with Crippen molar-refractivity contribution in [1.82, 2.24) is 4.90 Å². The summed E-state index contributed by atoms with van der Waals surface area (Å²) >= 11 is 0. The zero-order valence-corrected chi connectivity index (χ0v) is 9.92. The monoisotopic (exact) mass is 200 g/mol. The quantitative estimate of drug-likeness (QED) is 0.708. The lowest BCUT2D eigenvalue weighted by atomic mass is 10.1. The fourth-order valence-corrected chi connectivity index (χ4v) is 1.10. The fourth-order valence-electron chi connectivity index (χ4n) is 1.10. The number of rotatable bonds is 6. The predicted octanol–water partition coefficient (Wildman–Crippen LogP) is 1.62. The van der Waals surface area contributed by atoms with Crippen LogP contribution in [0.4, 0.5) is 0 Å². The summed E-state index contributed by atoms with van der Waals surface area (Å²) in [7, 11) is 1.85. The van der Waals surface area contributed by atoms with Crippen LogP contribution in [-0.2, 0) is 4.79 Å². The summed E-state index contributed by atoms with van der Waals surface area (Å²) in [4.78, 5) is 13.4. The number of carbonyl (C=O) groups excluding carboxylic acids is 1. The molecular formula is C11H24N2O. The second kappa shape index (κ2) is 6.82. The van der Waals surface area contributed by atoms with E-state index in [-0.39, 0.29) is 11.9 Å². The van der Waals surface area contributed by atoms with E-state index >= 15 is 0 Å². The lowest BCUT2D eigenvalue weighted by molar-refractivity contribution is -0.130. The molecule has 0 bridgehead atoms. The molecule has 3 heteroatoms. The molecule has 84 valence electrons. The third-order valence-electron chi connectivity index (χ3n) is 2.43. The lowest BCUT2D eigenvalue weighted by Gasteiger charge is -2.19. The minimum Gasteiger partial charge on any atom is -0.346 e. The third kappa shape index (κ3) is 5.97. The maximum Gasteiger partial charge on any atom is 0.223 e. The van der Waals surface area contributed by atoms with E-state index in [1.54, 1.807) is 4.90 Å². The molecule has 0 aliphatic carbocycles. The molecule has 0 rings (SSSR count). The van der Waals surface area contributed by atoms with Gasteiger partial charge in [0.1, 0.15) is 0 Å². The Bertz CT molecular complexity index is 169. The van der Waals surface area contributed by atoms with Crippen molar-refractivity contribution in [3.05, 3.63) is 0 Å². The van der Waals surface area contributed by atoms with Crippen molar-refractivity contribution in [1.29, 1.82) is 0 Å². The first-order valence-corrected chi connectivity index (χ1v) is 5.46. The van der Waals surface area contributed by atoms with Crippen LogP contribution in [0.1, 0.15) is 40.0 Å². The maximum atomic E-state index is 11.6. The molecule has 14 heavy (non-hydrogen) atoms. The van der Waals surface area contributed by atoms with E-state index in [1.807, 2.05) is 14.0 Å². The number of amides is 1. The van der Waals surface area contributed by atoms with Gasteiger partial charge in [-0.1, -0.05) is 20.8 Å². The highest BCUT2D eigenvalue weighted by atomic mass is 16.2. The van der Waals surface area contributed by atoms with Crippen molar-refractivity contribution < 1.29 is 4.79 Å². The Morgan fingerprint density at radius 3 is 2.43 bits per heavy atom. The highest BCUT2D eigenvalue weighted by molar-refractivity contribution is 5.76. The molecule has 0 heterocycles. The van der Waals surface area contributed by atoms with Crippen LogP contribution in [0.2, 0.25) is 0 Å². The van der Waals surface area contributed by atoms with Crippen molar-refractivity contribution in [2.75, 3.05) is 13.6 Å². The maximum absolute atomic E-state index is 11.6. The fraction of sp³-hybridized carbons (Fsp3) is 0.909. The van der Waals surface area contributed by atoms with Gasteiger partial charge < -0.3 is 10.6 Å². The molecule has 1 amide bonds. The zero-order chi connectivity index (χ0) is 11.1. The summed E-state index contributed by atoms with van der Waals surface area (Å²) < 4.78 is 0. The normalized spacial score (nSPS) is 13.0. The van der Waals surface area contributed by atoms with Crippen LogP contribution in [-0.4, -0.2) is 30.4 Å². The number of nitrogens with zero attached hydrogens (tertiary/aromatic N) is 1. The molecule has 0 aromatic rings. The van der Waals surface area contributed by atoms with E-state index in [0.29, 0.717) is 12.3 Å². The number of nitrogens with two attached hydrogens (primary N) is 1. The summed E-state index contributed by atoms with van der Waals surface area (Å²) in [5.74, 6) is 0.810. The standard InChI is InChI=1S/C11H24N2O/c1-5-10(12)8-11(14)13(4)7-6-9(2)3/h9-10H,5-8,12H2,1-4H3. The van der Waals surface area contributed by atoms with Gasteiger partial charge in [0.25, 0.3) is 0 Å². The summed E-state index contributed by atoms with van der Waals surface area (Å²) in [6, 6.07) is 0.0176. The van der Waals surface area contributed by atoms with Crippen LogP contribution in [0, 0.1) is 5.92 Å². The summed E-state index contributed by atoms with van der Waals surface area (Å²) in [5.41, 5.74) is 5.72. The molecule has 1 atom stereocenters. The molecule has 0 fully saturated rings. The summed E-state index contributed by atoms with van der Waals surface area (Å²) in [6.45, 7) is 7.17. The van der Waals surface area contributed by atoms with Gasteiger partial charge in [0.15, 0.2) is 0 Å². The first kappa shape index (κ1) is 13.4. The Morgan fingerprint density at radius 2 is 2.00 bits per heavy atom. The summed E-state index contributed by atoms with van der Waals surface area (Å²) in [5, 5.41) is 0. The van der Waals surface area contributed by atoms with Crippen LogP contribution >= 0.6 is 0 Å². The van der Waals surface area contributed by atoms with Crippen molar-refractivity contribution in [3.8, 4) is 0 Å². The second-order valence-electron chi connectivity index (χ2n) is 4.37. The zero-order valence-electron chi connectivity index (χ0n) is 9.92. The molecule has 0 saturated heterocycles. The van der Waals surface area contributed by atoms with E-state index in [9.17, 15) is 4.79 Å². The lowest BCUT2D eigenvalue weighted by Crippen LogP contribution is -2.33. The Labute approximate surface area is 87.6 Å². The first-order valence-electron chi connectivity index (χ1n) is 5.46. The molecule has 1 unspecified atom stereocenters. The molecular weight excluding hydrogens is 176 g/mol. The second-order valence-corrected chi connectivity index (χ2v) is 4.37. The van der Waals surface area contributed by atoms with Crippen LogP contribution in [0.5, 0.6) is 0 Å². The summed E-state index contributed by atoms with van der Waals surface area (Å²) in [6.07, 6.45) is 2.40. The molecule has 0 saturated carbocycles. The van der Waals surface area contributed by atoms with Crippen LogP contribution in [0.25, 0.3) is 0 Å². The van der Waals surface area contributed by atoms with Crippen LogP contribution < -0.4 is 5.73 Å². The van der Waals surface area contributed by atoms with Gasteiger partial charge in [0, 0.05) is 26.1 Å². The van der Waals surface area contributed by atoms with E-state index in [4.69, 9.17) is 5.73 Å². The molecule has 0 aromatic heterocycles. The predicted molar refractivity (Wildman–Crippen MR) is 60.0 cm³/mol. The van der Waals surface area contributed by atoms with E-state index in [0.717, 1.165) is 19.4 Å². The SMILES string of the molecule is CCC(N)CC(=O)N(C)CCC(C)C. The minimum atomic E-state index is 0.0176. The average molecular weight is 200 g/mol. The Hall–Kier alpha value is -0.570. The Morgan fingerprint density at radius 1 is 1.43 bits per heavy atom. The molecule has 2 N–H and O–H groups in total. The van der Waals surface area contributed by atoms with Crippen molar-refractivity contribution in [2.45, 2.75) is 46.1 Å². The Kier molecular flexibility index (Phi) is 6.54. The van der Waals surface area contributed by atoms with Crippen molar-refractivity contribution in [3.63, 3.8) is 0 Å². The number of hydrogen-bond donors (Lipinski definition) is 1. The Balaban J connectivity index is 3.76. The molecule has 0 aliphatic rings. The van der Waals surface area contributed by atoms with Gasteiger partial charge in [0.2, 0.25) is 5.91 Å². The van der Waals surface area contributed by atoms with E-state index in [1.165, 1.54) is 0 Å². The number of carbonyl (C=O) groups is 1. The average Bonchev–Trinajstić information content (AvgIpc) is 2.13. The molecule has 0 aromatic carbocycles. The van der Waals surface area contributed by atoms with Crippen LogP contribution in [0.3, 0.4) is 0 Å². The number of hydrogen-bond acceptors (Lipinski definition) is 2. The molecule has 0 aliphatic heterocycles. The molecule has 0 radical (unpaired) electrons. The third-order valence-corrected chi connectivity index (χ3v) is 2.43. The van der Waals surface area contributed by atoms with Crippen molar-refractivity contribution >= 4 is 5.91 Å². The van der Waals surface area contributed by atoms with Gasteiger partial charge in [-0.3, -0.25) is 4.79 Å². The largest absolute Gasteiger partial charge is 0.346 e. The van der Waals surface area contributed by atoms with Crippen LogP contribution in [0.15, 0.2) is 0 Å². The molecule has 0 spiro atoms. The highest BCUT2D eigenvalue weighted by Crippen LogP contribution is 2.03. The van der Waals surface area contributed by atoms with Crippen molar-refractivity contribution in [2.24, 2.45) is 11.7 Å². The minimum absolute atomic E-state index is 0.0176. The van der Waals surface area contributed by atoms with Gasteiger partial charge >= 0.3 is 0 Å². The van der Waals surface area contributed by atoms with Gasteiger partial charge in [-0.05, 0) is 18.8 Å². The van der Waals surface area contributed by atoms with E-state index < -0.39 is 0 Å².